The minimum absolute atomic E-state index is 0.0234. The SMILES string of the molecule is CNC(=O)[C@H]1[C@H]2C(=O)N(CCCO)C(C(=O)NCCN3CCOCC3)C23CC(C)[C@]1(C)O3. The van der Waals surface area contributed by atoms with E-state index in [4.69, 9.17) is 9.47 Å². The van der Waals surface area contributed by atoms with Crippen LogP contribution in [-0.4, -0.2) is 109 Å². The lowest BCUT2D eigenvalue weighted by Crippen LogP contribution is -2.56. The number of ether oxygens (including phenoxy) is 2. The van der Waals surface area contributed by atoms with Gasteiger partial charge >= 0.3 is 0 Å². The molecule has 6 atom stereocenters. The summed E-state index contributed by atoms with van der Waals surface area (Å²) in [5, 5.41) is 15.1. The summed E-state index contributed by atoms with van der Waals surface area (Å²) in [6.45, 7) is 8.30. The quantitative estimate of drug-likeness (QED) is 0.413. The van der Waals surface area contributed by atoms with E-state index in [9.17, 15) is 19.5 Å². The van der Waals surface area contributed by atoms with Gasteiger partial charge in [-0.25, -0.2) is 0 Å². The molecule has 4 fully saturated rings. The van der Waals surface area contributed by atoms with Gasteiger partial charge in [-0.2, -0.15) is 0 Å². The van der Waals surface area contributed by atoms with Crippen molar-refractivity contribution >= 4 is 17.7 Å². The van der Waals surface area contributed by atoms with Crippen molar-refractivity contribution in [3.63, 3.8) is 0 Å². The first-order valence-electron chi connectivity index (χ1n) is 11.7. The average molecular weight is 453 g/mol. The summed E-state index contributed by atoms with van der Waals surface area (Å²) in [6, 6.07) is -0.810. The monoisotopic (exact) mass is 452 g/mol. The van der Waals surface area contributed by atoms with Gasteiger partial charge in [0.2, 0.25) is 17.7 Å². The van der Waals surface area contributed by atoms with Gasteiger partial charge in [0.15, 0.2) is 0 Å². The Labute approximate surface area is 189 Å². The van der Waals surface area contributed by atoms with Crippen LogP contribution in [0.2, 0.25) is 0 Å². The van der Waals surface area contributed by atoms with Crippen molar-refractivity contribution in [1.82, 2.24) is 20.4 Å². The largest absolute Gasteiger partial charge is 0.396 e. The molecule has 4 heterocycles. The summed E-state index contributed by atoms with van der Waals surface area (Å²) in [6.07, 6.45) is 0.911. The summed E-state index contributed by atoms with van der Waals surface area (Å²) >= 11 is 0. The first-order chi connectivity index (χ1) is 15.3. The van der Waals surface area contributed by atoms with E-state index in [-0.39, 0.29) is 36.8 Å². The van der Waals surface area contributed by atoms with Crippen LogP contribution < -0.4 is 10.6 Å². The molecule has 0 aliphatic carbocycles. The van der Waals surface area contributed by atoms with Crippen molar-refractivity contribution in [2.75, 3.05) is 59.6 Å². The van der Waals surface area contributed by atoms with E-state index < -0.39 is 29.1 Å². The van der Waals surface area contributed by atoms with Gasteiger partial charge in [0.1, 0.15) is 11.6 Å². The third-order valence-electron chi connectivity index (χ3n) is 7.98. The van der Waals surface area contributed by atoms with Crippen molar-refractivity contribution in [1.29, 1.82) is 0 Å². The molecule has 4 aliphatic heterocycles. The molecule has 10 heteroatoms. The van der Waals surface area contributed by atoms with Gasteiger partial charge in [0.05, 0.1) is 30.7 Å². The Balaban J connectivity index is 1.58. The second-order valence-electron chi connectivity index (χ2n) is 9.67. The van der Waals surface area contributed by atoms with Crippen molar-refractivity contribution < 1.29 is 29.0 Å². The molecular formula is C22H36N4O6. The Morgan fingerprint density at radius 1 is 1.22 bits per heavy atom. The highest BCUT2D eigenvalue weighted by Gasteiger charge is 2.79. The van der Waals surface area contributed by atoms with E-state index in [0.717, 1.165) is 13.1 Å². The second-order valence-corrected chi connectivity index (χ2v) is 9.67. The highest BCUT2D eigenvalue weighted by molar-refractivity contribution is 5.99. The molecule has 3 N–H and O–H groups in total. The predicted molar refractivity (Wildman–Crippen MR) is 115 cm³/mol. The molecular weight excluding hydrogens is 416 g/mol. The highest BCUT2D eigenvalue weighted by atomic mass is 16.5. The maximum absolute atomic E-state index is 13.6. The molecule has 0 aromatic carbocycles. The first-order valence-corrected chi connectivity index (χ1v) is 11.7. The van der Waals surface area contributed by atoms with Crippen LogP contribution in [0, 0.1) is 17.8 Å². The van der Waals surface area contributed by atoms with Gasteiger partial charge in [-0.05, 0) is 25.7 Å². The van der Waals surface area contributed by atoms with E-state index in [0.29, 0.717) is 39.1 Å². The molecule has 3 unspecified atom stereocenters. The maximum Gasteiger partial charge on any atom is 0.245 e. The van der Waals surface area contributed by atoms with Crippen LogP contribution >= 0.6 is 0 Å². The topological polar surface area (TPSA) is 120 Å². The van der Waals surface area contributed by atoms with Crippen LogP contribution in [0.4, 0.5) is 0 Å². The zero-order valence-corrected chi connectivity index (χ0v) is 19.3. The number of amides is 3. The van der Waals surface area contributed by atoms with E-state index in [1.54, 1.807) is 11.9 Å². The van der Waals surface area contributed by atoms with Gasteiger partial charge in [0.25, 0.3) is 0 Å². The van der Waals surface area contributed by atoms with E-state index in [1.807, 2.05) is 13.8 Å². The summed E-state index contributed by atoms with van der Waals surface area (Å²) < 4.78 is 11.9. The summed E-state index contributed by atoms with van der Waals surface area (Å²) in [4.78, 5) is 43.7. The number of hydrogen-bond donors (Lipinski definition) is 3. The van der Waals surface area contributed by atoms with E-state index in [2.05, 4.69) is 15.5 Å². The van der Waals surface area contributed by atoms with Gasteiger partial charge < -0.3 is 30.1 Å². The summed E-state index contributed by atoms with van der Waals surface area (Å²) in [7, 11) is 1.56. The zero-order chi connectivity index (χ0) is 23.1. The molecule has 0 saturated carbocycles. The fraction of sp³-hybridized carbons (Fsp3) is 0.864. The third-order valence-corrected chi connectivity index (χ3v) is 7.98. The van der Waals surface area contributed by atoms with Gasteiger partial charge in [0, 0.05) is 46.4 Å². The molecule has 180 valence electrons. The van der Waals surface area contributed by atoms with Gasteiger partial charge in [-0.1, -0.05) is 6.92 Å². The minimum atomic E-state index is -1.03. The molecule has 2 bridgehead atoms. The fourth-order valence-corrected chi connectivity index (χ4v) is 6.33. The van der Waals surface area contributed by atoms with Crippen molar-refractivity contribution in [2.45, 2.75) is 43.9 Å². The Morgan fingerprint density at radius 3 is 2.59 bits per heavy atom. The number of hydrogen-bond acceptors (Lipinski definition) is 7. The molecule has 3 amide bonds. The first kappa shape index (κ1) is 23.4. The highest BCUT2D eigenvalue weighted by Crippen LogP contribution is 2.65. The number of fused-ring (bicyclic) bond motifs is 1. The maximum atomic E-state index is 13.6. The molecule has 4 aliphatic rings. The molecule has 0 aromatic rings. The normalized spacial score (nSPS) is 38.8. The van der Waals surface area contributed by atoms with Gasteiger partial charge in [-0.15, -0.1) is 0 Å². The Hall–Kier alpha value is -1.75. The lowest BCUT2D eigenvalue weighted by Gasteiger charge is -2.36. The molecule has 10 nitrogen and oxygen atoms in total. The molecule has 4 saturated heterocycles. The number of aliphatic hydroxyl groups excluding tert-OH is 1. The van der Waals surface area contributed by atoms with E-state index >= 15 is 0 Å². The summed E-state index contributed by atoms with van der Waals surface area (Å²) in [5.41, 5.74) is -1.82. The molecule has 32 heavy (non-hydrogen) atoms. The average Bonchev–Trinajstić information content (AvgIpc) is 3.29. The van der Waals surface area contributed by atoms with Crippen LogP contribution in [0.25, 0.3) is 0 Å². The number of likely N-dealkylation sites (tertiary alicyclic amines) is 1. The van der Waals surface area contributed by atoms with Crippen molar-refractivity contribution in [3.8, 4) is 0 Å². The second kappa shape index (κ2) is 8.89. The lowest BCUT2D eigenvalue weighted by molar-refractivity contribution is -0.147. The smallest absolute Gasteiger partial charge is 0.245 e. The minimum Gasteiger partial charge on any atom is -0.396 e. The standard InChI is InChI=1S/C22H36N4O6/c1-14-13-22-16(15(18(28)23-3)21(14,2)32-22)20(30)26(6-4-10-27)17(22)19(29)24-5-7-25-8-11-31-12-9-25/h14-17,27H,4-13H2,1-3H3,(H,23,28)(H,24,29)/t14?,15-,16+,17?,21+,22?/m1/s1. The third kappa shape index (κ3) is 3.52. The van der Waals surface area contributed by atoms with Crippen molar-refractivity contribution in [2.24, 2.45) is 17.8 Å². The van der Waals surface area contributed by atoms with Gasteiger partial charge in [-0.3, -0.25) is 19.3 Å². The number of nitrogens with zero attached hydrogens (tertiary/aromatic N) is 2. The number of nitrogens with one attached hydrogen (secondary N) is 2. The Morgan fingerprint density at radius 2 is 1.94 bits per heavy atom. The molecule has 0 radical (unpaired) electrons. The number of rotatable bonds is 8. The molecule has 4 rings (SSSR count). The summed E-state index contributed by atoms with van der Waals surface area (Å²) in [5.74, 6) is -2.02. The Bertz CT molecular complexity index is 759. The number of carbonyl (C=O) groups is 3. The van der Waals surface area contributed by atoms with Crippen LogP contribution in [0.3, 0.4) is 0 Å². The lowest BCUT2D eigenvalue weighted by atomic mass is 9.62. The number of morpholine rings is 1. The van der Waals surface area contributed by atoms with Crippen LogP contribution in [0.15, 0.2) is 0 Å². The van der Waals surface area contributed by atoms with Crippen molar-refractivity contribution in [3.05, 3.63) is 0 Å². The number of carbonyl (C=O) groups excluding carboxylic acids is 3. The molecule has 1 spiro atoms. The number of aliphatic hydroxyl groups is 1. The van der Waals surface area contributed by atoms with E-state index in [1.165, 1.54) is 0 Å². The van der Waals surface area contributed by atoms with Crippen LogP contribution in [0.1, 0.15) is 26.7 Å². The molecule has 0 aromatic heterocycles. The van der Waals surface area contributed by atoms with Crippen LogP contribution in [-0.2, 0) is 23.9 Å². The fourth-order valence-electron chi connectivity index (χ4n) is 6.33. The van der Waals surface area contributed by atoms with Crippen LogP contribution in [0.5, 0.6) is 0 Å². The Kier molecular flexibility index (Phi) is 6.50. The predicted octanol–water partition coefficient (Wildman–Crippen LogP) is -1.43. The zero-order valence-electron chi connectivity index (χ0n) is 19.3.